The van der Waals surface area contributed by atoms with Crippen molar-refractivity contribution in [1.82, 2.24) is 0 Å². The van der Waals surface area contributed by atoms with Gasteiger partial charge >= 0.3 is 0 Å². The Morgan fingerprint density at radius 1 is 0.550 bits per heavy atom. The standard InChI is InChI=1S/C36H71NO3/c1-3-5-7-9-11-13-15-17-18-20-22-24-26-28-30-32-34(39)35(36(37)40)33(38)31-29-27-25-23-21-19-16-14-12-10-8-6-4-2/h17-18,33,35-36,38,40H,3-16,19-32,37H2,1-2H3/b18-17-. The van der Waals surface area contributed by atoms with Gasteiger partial charge in [0.1, 0.15) is 12.0 Å². The lowest BCUT2D eigenvalue weighted by Gasteiger charge is -2.24. The summed E-state index contributed by atoms with van der Waals surface area (Å²) < 4.78 is 0. The second-order valence-electron chi connectivity index (χ2n) is 12.4. The number of ketones is 1. The Morgan fingerprint density at radius 2 is 0.900 bits per heavy atom. The molecule has 0 spiro atoms. The number of nitrogens with two attached hydrogens (primary N) is 1. The van der Waals surface area contributed by atoms with Crippen LogP contribution >= 0.6 is 0 Å². The zero-order valence-corrected chi connectivity index (χ0v) is 27.1. The summed E-state index contributed by atoms with van der Waals surface area (Å²) in [5.41, 5.74) is 5.71. The lowest BCUT2D eigenvalue weighted by molar-refractivity contribution is -0.132. The molecule has 4 nitrogen and oxygen atoms in total. The van der Waals surface area contributed by atoms with Gasteiger partial charge in [-0.05, 0) is 38.5 Å². The van der Waals surface area contributed by atoms with Crippen molar-refractivity contribution in [2.45, 2.75) is 206 Å². The molecule has 3 atom stereocenters. The van der Waals surface area contributed by atoms with Crippen LogP contribution in [0.25, 0.3) is 0 Å². The molecule has 3 unspecified atom stereocenters. The molecule has 0 aliphatic rings. The zero-order valence-electron chi connectivity index (χ0n) is 27.1. The van der Waals surface area contributed by atoms with Crippen LogP contribution in [0.2, 0.25) is 0 Å². The fourth-order valence-corrected chi connectivity index (χ4v) is 5.72. The Balaban J connectivity index is 3.72. The number of unbranched alkanes of at least 4 members (excludes halogenated alkanes) is 23. The minimum Gasteiger partial charge on any atom is -0.392 e. The van der Waals surface area contributed by atoms with E-state index in [0.29, 0.717) is 12.8 Å². The van der Waals surface area contributed by atoms with E-state index in [4.69, 9.17) is 5.73 Å². The Hall–Kier alpha value is -0.710. The van der Waals surface area contributed by atoms with Crippen LogP contribution in [-0.2, 0) is 4.79 Å². The first-order chi connectivity index (χ1) is 19.5. The molecule has 40 heavy (non-hydrogen) atoms. The number of hydrogen-bond donors (Lipinski definition) is 3. The predicted octanol–water partition coefficient (Wildman–Crippen LogP) is 10.3. The molecule has 0 fully saturated rings. The number of allylic oxidation sites excluding steroid dienone is 2. The van der Waals surface area contributed by atoms with Crippen molar-refractivity contribution in [2.75, 3.05) is 0 Å². The average molecular weight is 566 g/mol. The van der Waals surface area contributed by atoms with E-state index in [0.717, 1.165) is 38.5 Å². The second-order valence-corrected chi connectivity index (χ2v) is 12.4. The maximum absolute atomic E-state index is 12.7. The van der Waals surface area contributed by atoms with Crippen LogP contribution in [-0.4, -0.2) is 28.3 Å². The Labute approximate surface area is 250 Å². The van der Waals surface area contributed by atoms with Crippen LogP contribution in [0, 0.1) is 5.92 Å². The highest BCUT2D eigenvalue weighted by Crippen LogP contribution is 2.20. The molecule has 0 heterocycles. The maximum Gasteiger partial charge on any atom is 0.142 e. The molecule has 0 radical (unpaired) electrons. The Kier molecular flexibility index (Phi) is 30.7. The van der Waals surface area contributed by atoms with E-state index in [1.54, 1.807) is 0 Å². The van der Waals surface area contributed by atoms with Gasteiger partial charge < -0.3 is 15.9 Å². The first-order valence-electron chi connectivity index (χ1n) is 17.8. The van der Waals surface area contributed by atoms with E-state index >= 15 is 0 Å². The summed E-state index contributed by atoms with van der Waals surface area (Å²) in [5, 5.41) is 20.6. The monoisotopic (exact) mass is 566 g/mol. The molecule has 0 aromatic carbocycles. The van der Waals surface area contributed by atoms with Crippen molar-refractivity contribution >= 4 is 5.78 Å². The minimum absolute atomic E-state index is 0.0742. The predicted molar refractivity (Wildman–Crippen MR) is 174 cm³/mol. The van der Waals surface area contributed by atoms with Crippen LogP contribution in [0.3, 0.4) is 0 Å². The molecule has 0 aromatic heterocycles. The summed E-state index contributed by atoms with van der Waals surface area (Å²) in [6, 6.07) is 0. The molecule has 238 valence electrons. The molecular weight excluding hydrogens is 494 g/mol. The quantitative estimate of drug-likeness (QED) is 0.0430. The summed E-state index contributed by atoms with van der Waals surface area (Å²) in [7, 11) is 0. The number of aliphatic hydroxyl groups excluding tert-OH is 2. The third kappa shape index (κ3) is 26.2. The third-order valence-electron chi connectivity index (χ3n) is 8.44. The number of hydrogen-bond acceptors (Lipinski definition) is 4. The normalized spacial score (nSPS) is 14.1. The lowest BCUT2D eigenvalue weighted by Crippen LogP contribution is -2.43. The van der Waals surface area contributed by atoms with Crippen molar-refractivity contribution in [3.8, 4) is 0 Å². The molecule has 0 bridgehead atoms. The van der Waals surface area contributed by atoms with E-state index in [1.165, 1.54) is 128 Å². The van der Waals surface area contributed by atoms with Crippen LogP contribution < -0.4 is 5.73 Å². The van der Waals surface area contributed by atoms with Gasteiger partial charge in [0, 0.05) is 6.42 Å². The van der Waals surface area contributed by atoms with Crippen LogP contribution in [0.1, 0.15) is 194 Å². The SMILES string of the molecule is CCCCCCCC/C=C\CCCCCCCC(=O)C(C(N)O)C(O)CCCCCCCCCCCCCCC. The van der Waals surface area contributed by atoms with Crippen LogP contribution in [0.15, 0.2) is 12.2 Å². The first-order valence-corrected chi connectivity index (χ1v) is 17.8. The van der Waals surface area contributed by atoms with Crippen LogP contribution in [0.5, 0.6) is 0 Å². The number of carbonyl (C=O) groups excluding carboxylic acids is 1. The highest BCUT2D eigenvalue weighted by atomic mass is 16.3. The molecular formula is C36H71NO3. The van der Waals surface area contributed by atoms with E-state index in [2.05, 4.69) is 26.0 Å². The smallest absolute Gasteiger partial charge is 0.142 e. The van der Waals surface area contributed by atoms with E-state index in [9.17, 15) is 15.0 Å². The van der Waals surface area contributed by atoms with Gasteiger partial charge in [0.25, 0.3) is 0 Å². The summed E-state index contributed by atoms with van der Waals surface area (Å²) in [6.45, 7) is 4.53. The number of Topliss-reactive ketones (excluding diaryl/α,β-unsaturated/α-hetero) is 1. The van der Waals surface area contributed by atoms with Gasteiger partial charge in [0.05, 0.1) is 12.0 Å². The van der Waals surface area contributed by atoms with Crippen molar-refractivity contribution in [3.05, 3.63) is 12.2 Å². The summed E-state index contributed by atoms with van der Waals surface area (Å²) in [4.78, 5) is 12.7. The number of carbonyl (C=O) groups is 1. The highest BCUT2D eigenvalue weighted by Gasteiger charge is 2.30. The molecule has 0 amide bonds. The Morgan fingerprint density at radius 3 is 1.30 bits per heavy atom. The fourth-order valence-electron chi connectivity index (χ4n) is 5.72. The Bertz CT molecular complexity index is 548. The summed E-state index contributed by atoms with van der Waals surface area (Å²) in [6.07, 6.45) is 36.1. The third-order valence-corrected chi connectivity index (χ3v) is 8.44. The van der Waals surface area contributed by atoms with E-state index in [1.807, 2.05) is 0 Å². The van der Waals surface area contributed by atoms with Gasteiger partial charge in [-0.3, -0.25) is 4.79 Å². The highest BCUT2D eigenvalue weighted by molar-refractivity contribution is 5.82. The first kappa shape index (κ1) is 39.3. The van der Waals surface area contributed by atoms with Gasteiger partial charge in [-0.2, -0.15) is 0 Å². The largest absolute Gasteiger partial charge is 0.392 e. The average Bonchev–Trinajstić information content (AvgIpc) is 2.93. The summed E-state index contributed by atoms with van der Waals surface area (Å²) >= 11 is 0. The van der Waals surface area contributed by atoms with E-state index < -0.39 is 18.2 Å². The molecule has 0 saturated carbocycles. The molecule has 0 aliphatic heterocycles. The fraction of sp³-hybridized carbons (Fsp3) is 0.917. The molecule has 0 aromatic rings. The van der Waals surface area contributed by atoms with Crippen molar-refractivity contribution in [2.24, 2.45) is 11.7 Å². The minimum atomic E-state index is -1.27. The van der Waals surface area contributed by atoms with Crippen LogP contribution in [0.4, 0.5) is 0 Å². The van der Waals surface area contributed by atoms with Crippen molar-refractivity contribution in [3.63, 3.8) is 0 Å². The van der Waals surface area contributed by atoms with Crippen molar-refractivity contribution < 1.29 is 15.0 Å². The molecule has 0 rings (SSSR count). The topological polar surface area (TPSA) is 83.6 Å². The lowest BCUT2D eigenvalue weighted by atomic mass is 9.89. The molecule has 4 heteroatoms. The molecule has 0 aliphatic carbocycles. The summed E-state index contributed by atoms with van der Waals surface area (Å²) in [5.74, 6) is -0.913. The van der Waals surface area contributed by atoms with Gasteiger partial charge in [-0.1, -0.05) is 161 Å². The van der Waals surface area contributed by atoms with Crippen molar-refractivity contribution in [1.29, 1.82) is 0 Å². The van der Waals surface area contributed by atoms with Gasteiger partial charge in [-0.25, -0.2) is 0 Å². The van der Waals surface area contributed by atoms with Gasteiger partial charge in [0.15, 0.2) is 0 Å². The molecule has 0 saturated heterocycles. The second kappa shape index (κ2) is 31.2. The molecule has 4 N–H and O–H groups in total. The van der Waals surface area contributed by atoms with Gasteiger partial charge in [0.2, 0.25) is 0 Å². The maximum atomic E-state index is 12.7. The van der Waals surface area contributed by atoms with Gasteiger partial charge in [-0.15, -0.1) is 0 Å². The number of aliphatic hydroxyl groups is 2. The number of rotatable bonds is 32. The van der Waals surface area contributed by atoms with E-state index in [-0.39, 0.29) is 5.78 Å². The zero-order chi connectivity index (χ0) is 29.5.